The molecule has 1 unspecified atom stereocenters. The van der Waals surface area contributed by atoms with Crippen molar-refractivity contribution < 1.29 is 33.6 Å². The Morgan fingerprint density at radius 1 is 1.31 bits per heavy atom. The van der Waals surface area contributed by atoms with Gasteiger partial charge in [0.05, 0.1) is 26.1 Å². The molecular weight excluding hydrogens is 380 g/mol. The van der Waals surface area contributed by atoms with Crippen LogP contribution in [0.3, 0.4) is 0 Å². The summed E-state index contributed by atoms with van der Waals surface area (Å²) >= 11 is 0. The molecule has 8 nitrogen and oxygen atoms in total. The van der Waals surface area contributed by atoms with Gasteiger partial charge in [0.15, 0.2) is 17.3 Å². The fraction of sp³-hybridized carbons (Fsp3) is 0.333. The molecule has 2 N–H and O–H groups in total. The third-order valence-electron chi connectivity index (χ3n) is 4.05. The number of terminal acetylenes is 1. The molecule has 0 aliphatic carbocycles. The van der Waals surface area contributed by atoms with Crippen LogP contribution in [0.25, 0.3) is 0 Å². The number of ether oxygens (including phenoxy) is 3. The normalized spacial score (nSPS) is 11.4. The van der Waals surface area contributed by atoms with Crippen LogP contribution in [-0.4, -0.2) is 36.5 Å². The summed E-state index contributed by atoms with van der Waals surface area (Å²) in [6.07, 6.45) is 5.02. The van der Waals surface area contributed by atoms with E-state index in [-0.39, 0.29) is 31.2 Å². The van der Waals surface area contributed by atoms with E-state index in [1.54, 1.807) is 25.1 Å². The smallest absolute Gasteiger partial charge is 0.306 e. The largest absolute Gasteiger partial charge is 0.502 e. The number of benzene rings is 1. The highest BCUT2D eigenvalue weighted by molar-refractivity contribution is 5.71. The lowest BCUT2D eigenvalue weighted by Crippen LogP contribution is -2.15. The van der Waals surface area contributed by atoms with Crippen molar-refractivity contribution in [1.29, 1.82) is 0 Å². The van der Waals surface area contributed by atoms with Gasteiger partial charge in [-0.1, -0.05) is 12.0 Å². The molecule has 1 heterocycles. The summed E-state index contributed by atoms with van der Waals surface area (Å²) in [6, 6.07) is 5.79. The lowest BCUT2D eigenvalue weighted by Gasteiger charge is -2.19. The SMILES string of the molecule is C#CCOc1cc(C(CC(=O)OCC)c2oc(CO)cc(=O)c2O)ccc1OC. The number of aromatic hydroxyl groups is 1. The van der Waals surface area contributed by atoms with Crippen molar-refractivity contribution in [3.8, 4) is 29.6 Å². The average Bonchev–Trinajstić information content (AvgIpc) is 2.72. The van der Waals surface area contributed by atoms with E-state index < -0.39 is 29.7 Å². The van der Waals surface area contributed by atoms with Gasteiger partial charge in [0.25, 0.3) is 0 Å². The van der Waals surface area contributed by atoms with Crippen LogP contribution in [-0.2, 0) is 16.1 Å². The first kappa shape index (κ1) is 21.9. The van der Waals surface area contributed by atoms with E-state index >= 15 is 0 Å². The zero-order valence-corrected chi connectivity index (χ0v) is 16.1. The molecule has 0 saturated carbocycles. The molecule has 0 spiro atoms. The second kappa shape index (κ2) is 10.2. The predicted molar refractivity (Wildman–Crippen MR) is 103 cm³/mol. The molecule has 0 amide bonds. The summed E-state index contributed by atoms with van der Waals surface area (Å²) in [5.74, 6) is 0.769. The van der Waals surface area contributed by atoms with Gasteiger partial charge in [-0.2, -0.15) is 0 Å². The molecule has 0 fully saturated rings. The molecule has 0 aliphatic rings. The molecule has 0 saturated heterocycles. The Morgan fingerprint density at radius 3 is 2.69 bits per heavy atom. The first-order valence-corrected chi connectivity index (χ1v) is 8.81. The fourth-order valence-electron chi connectivity index (χ4n) is 2.76. The van der Waals surface area contributed by atoms with Crippen LogP contribution in [0.1, 0.15) is 36.3 Å². The number of hydrogen-bond donors (Lipinski definition) is 2. The lowest BCUT2D eigenvalue weighted by atomic mass is 9.91. The number of rotatable bonds is 9. The topological polar surface area (TPSA) is 115 Å². The Bertz CT molecular complexity index is 954. The Hall–Kier alpha value is -3.44. The van der Waals surface area contributed by atoms with Gasteiger partial charge in [-0.05, 0) is 24.6 Å². The minimum atomic E-state index is -0.882. The Kier molecular flexibility index (Phi) is 7.69. The molecule has 2 aromatic rings. The molecule has 1 aromatic carbocycles. The number of carbonyl (C=O) groups is 1. The molecule has 2 rings (SSSR count). The standard InChI is InChI=1S/C21H22O8/c1-4-8-28-18-9-13(6-7-17(18)26-3)15(11-19(24)27-5-2)21-20(25)16(23)10-14(12-22)29-21/h1,6-7,9-10,15,22,25H,5,8,11-12H2,2-3H3. The molecule has 29 heavy (non-hydrogen) atoms. The molecule has 1 aromatic heterocycles. The van der Waals surface area contributed by atoms with E-state index in [2.05, 4.69) is 5.92 Å². The minimum Gasteiger partial charge on any atom is -0.502 e. The van der Waals surface area contributed by atoms with Gasteiger partial charge in [0.2, 0.25) is 11.2 Å². The van der Waals surface area contributed by atoms with Crippen molar-refractivity contribution >= 4 is 5.97 Å². The van der Waals surface area contributed by atoms with Crippen LogP contribution in [0.5, 0.6) is 17.2 Å². The highest BCUT2D eigenvalue weighted by Gasteiger charge is 2.27. The van der Waals surface area contributed by atoms with Gasteiger partial charge in [0.1, 0.15) is 19.0 Å². The predicted octanol–water partition coefficient (Wildman–Crippen LogP) is 1.94. The number of carbonyl (C=O) groups excluding carboxylic acids is 1. The van der Waals surface area contributed by atoms with Gasteiger partial charge in [-0.25, -0.2) is 0 Å². The summed E-state index contributed by atoms with van der Waals surface area (Å²) in [7, 11) is 1.46. The summed E-state index contributed by atoms with van der Waals surface area (Å²) in [5, 5.41) is 19.6. The lowest BCUT2D eigenvalue weighted by molar-refractivity contribution is -0.143. The van der Waals surface area contributed by atoms with Crippen LogP contribution >= 0.6 is 0 Å². The number of hydrogen-bond acceptors (Lipinski definition) is 8. The number of aliphatic hydroxyl groups excluding tert-OH is 1. The van der Waals surface area contributed by atoms with Crippen molar-refractivity contribution in [1.82, 2.24) is 0 Å². The highest BCUT2D eigenvalue weighted by atomic mass is 16.5. The maximum atomic E-state index is 12.2. The van der Waals surface area contributed by atoms with Gasteiger partial charge < -0.3 is 28.8 Å². The van der Waals surface area contributed by atoms with E-state index in [1.807, 2.05) is 0 Å². The maximum Gasteiger partial charge on any atom is 0.306 e. The zero-order valence-electron chi connectivity index (χ0n) is 16.1. The third-order valence-corrected chi connectivity index (χ3v) is 4.05. The van der Waals surface area contributed by atoms with Crippen molar-refractivity contribution in [2.45, 2.75) is 25.9 Å². The van der Waals surface area contributed by atoms with Crippen LogP contribution in [0, 0.1) is 12.3 Å². The second-order valence-electron chi connectivity index (χ2n) is 5.91. The molecule has 154 valence electrons. The fourth-order valence-corrected chi connectivity index (χ4v) is 2.76. The summed E-state index contributed by atoms with van der Waals surface area (Å²) in [4.78, 5) is 24.2. The molecule has 1 atom stereocenters. The first-order valence-electron chi connectivity index (χ1n) is 8.81. The van der Waals surface area contributed by atoms with Crippen molar-refractivity contribution in [3.05, 3.63) is 51.6 Å². The summed E-state index contributed by atoms with van der Waals surface area (Å²) in [6.45, 7) is 1.27. The molecule has 0 bridgehead atoms. The van der Waals surface area contributed by atoms with E-state index in [0.29, 0.717) is 17.1 Å². The zero-order chi connectivity index (χ0) is 21.4. The second-order valence-corrected chi connectivity index (χ2v) is 5.91. The monoisotopic (exact) mass is 402 g/mol. The minimum absolute atomic E-state index is 0.0112. The Morgan fingerprint density at radius 2 is 2.07 bits per heavy atom. The van der Waals surface area contributed by atoms with Crippen molar-refractivity contribution in [2.24, 2.45) is 0 Å². The van der Waals surface area contributed by atoms with Crippen molar-refractivity contribution in [2.75, 3.05) is 20.3 Å². The third kappa shape index (κ3) is 5.30. The quantitative estimate of drug-likeness (QED) is 0.483. The van der Waals surface area contributed by atoms with Crippen LogP contribution < -0.4 is 14.9 Å². The van der Waals surface area contributed by atoms with E-state index in [1.165, 1.54) is 7.11 Å². The number of esters is 1. The summed E-state index contributed by atoms with van der Waals surface area (Å²) < 4.78 is 21.2. The molecule has 8 heteroatoms. The highest BCUT2D eigenvalue weighted by Crippen LogP contribution is 2.37. The van der Waals surface area contributed by atoms with Crippen LogP contribution in [0.2, 0.25) is 0 Å². The maximum absolute atomic E-state index is 12.2. The average molecular weight is 402 g/mol. The van der Waals surface area contributed by atoms with Gasteiger partial charge in [-0.3, -0.25) is 9.59 Å². The number of methoxy groups -OCH3 is 1. The summed E-state index contributed by atoms with van der Waals surface area (Å²) in [5.41, 5.74) is -0.249. The van der Waals surface area contributed by atoms with Crippen LogP contribution in [0.15, 0.2) is 33.5 Å². The van der Waals surface area contributed by atoms with Gasteiger partial charge in [0, 0.05) is 6.07 Å². The van der Waals surface area contributed by atoms with E-state index in [9.17, 15) is 19.8 Å². The van der Waals surface area contributed by atoms with Gasteiger partial charge >= 0.3 is 5.97 Å². The van der Waals surface area contributed by atoms with Crippen LogP contribution in [0.4, 0.5) is 0 Å². The number of aliphatic hydroxyl groups is 1. The van der Waals surface area contributed by atoms with Gasteiger partial charge in [-0.15, -0.1) is 6.42 Å². The molecule has 0 radical (unpaired) electrons. The molecule has 0 aliphatic heterocycles. The van der Waals surface area contributed by atoms with E-state index in [0.717, 1.165) is 6.07 Å². The first-order chi connectivity index (χ1) is 13.9. The Labute approximate surface area is 167 Å². The van der Waals surface area contributed by atoms with Crippen molar-refractivity contribution in [3.63, 3.8) is 0 Å². The van der Waals surface area contributed by atoms with E-state index in [4.69, 9.17) is 25.1 Å². The molecular formula is C21H22O8. The Balaban J connectivity index is 2.61.